The summed E-state index contributed by atoms with van der Waals surface area (Å²) in [5.41, 5.74) is 11.3. The zero-order valence-corrected chi connectivity index (χ0v) is 28.0. The molecule has 4 nitrogen and oxygen atoms in total. The van der Waals surface area contributed by atoms with Crippen molar-refractivity contribution in [1.29, 1.82) is 0 Å². The Morgan fingerprint density at radius 3 is 1.78 bits per heavy atom. The van der Waals surface area contributed by atoms with E-state index in [0.29, 0.717) is 5.57 Å². The highest BCUT2D eigenvalue weighted by Gasteiger charge is 2.52. The van der Waals surface area contributed by atoms with Crippen LogP contribution in [-0.2, 0) is 20.4 Å². The lowest BCUT2D eigenvalue weighted by Crippen LogP contribution is -2.40. The fourth-order valence-electron chi connectivity index (χ4n) is 7.29. The normalized spacial score (nSPS) is 16.8. The number of Topliss-reactive ketones (excluding diaryl/α,β-unsaturated/α-hetero) is 2. The van der Waals surface area contributed by atoms with Crippen molar-refractivity contribution in [2.24, 2.45) is 0 Å². The van der Waals surface area contributed by atoms with Crippen LogP contribution < -0.4 is 4.58 Å². The smallest absolute Gasteiger partial charge is 0.219 e. The first-order chi connectivity index (χ1) is 21.8. The fourth-order valence-corrected chi connectivity index (χ4v) is 7.29. The third-order valence-electron chi connectivity index (χ3n) is 9.81. The fraction of sp³-hybridized carbons (Fsp3) is 0.262. The van der Waals surface area contributed by atoms with Crippen molar-refractivity contribution in [2.75, 3.05) is 0 Å². The number of carbonyl (C=O) groups excluding carboxylic acids is 2. The standard InChI is InChI=1S/C42H41N2O2/c1-25-35(31-13-9-11-15-33(31)43(25)29-21-17-27(18-22-29)41(3,4)5)37-39(45)38(40(37)46)36-26(2)44(34-16-12-10-14-32(34)36)30-23-19-28(20-24-30)42(6,7)8/h9-24,37H,1-8H3/q+1. The van der Waals surface area contributed by atoms with Crippen molar-refractivity contribution in [3.05, 3.63) is 131 Å². The molecule has 0 bridgehead atoms. The van der Waals surface area contributed by atoms with E-state index in [-0.39, 0.29) is 22.4 Å². The molecule has 0 amide bonds. The average Bonchev–Trinajstić information content (AvgIpc) is 3.47. The summed E-state index contributed by atoms with van der Waals surface area (Å²) in [7, 11) is 0. The third kappa shape index (κ3) is 4.46. The summed E-state index contributed by atoms with van der Waals surface area (Å²) in [6, 6.07) is 33.4. The Bertz CT molecular complexity index is 2120. The van der Waals surface area contributed by atoms with Gasteiger partial charge in [0.2, 0.25) is 11.4 Å². The Labute approximate surface area is 271 Å². The molecule has 0 unspecified atom stereocenters. The summed E-state index contributed by atoms with van der Waals surface area (Å²) in [6.07, 6.45) is 0. The maximum absolute atomic E-state index is 14.3. The number of carbonyl (C=O) groups is 2. The molecule has 1 fully saturated rings. The van der Waals surface area contributed by atoms with Crippen molar-refractivity contribution in [2.45, 2.75) is 72.1 Å². The van der Waals surface area contributed by atoms with E-state index < -0.39 is 5.92 Å². The van der Waals surface area contributed by atoms with Gasteiger partial charge >= 0.3 is 0 Å². The topological polar surface area (TPSA) is 42.1 Å². The molecule has 2 aliphatic rings. The molecule has 1 aromatic heterocycles. The number of ketones is 2. The molecule has 7 rings (SSSR count). The summed E-state index contributed by atoms with van der Waals surface area (Å²) in [6.45, 7) is 17.3. The minimum Gasteiger partial charge on any atom is -0.314 e. The van der Waals surface area contributed by atoms with E-state index in [0.717, 1.165) is 56.1 Å². The molecule has 0 N–H and O–H groups in total. The molecule has 0 radical (unpaired) electrons. The van der Waals surface area contributed by atoms with Crippen molar-refractivity contribution in [1.82, 2.24) is 9.14 Å². The molecule has 1 aliphatic carbocycles. The van der Waals surface area contributed by atoms with E-state index in [1.165, 1.54) is 11.1 Å². The van der Waals surface area contributed by atoms with Crippen molar-refractivity contribution in [3.8, 4) is 5.69 Å². The van der Waals surface area contributed by atoms with Gasteiger partial charge in [-0.2, -0.15) is 4.58 Å². The van der Waals surface area contributed by atoms with E-state index >= 15 is 0 Å². The van der Waals surface area contributed by atoms with Crippen LogP contribution >= 0.6 is 0 Å². The lowest BCUT2D eigenvalue weighted by molar-refractivity contribution is -0.133. The van der Waals surface area contributed by atoms with Crippen molar-refractivity contribution in [3.63, 3.8) is 0 Å². The first-order valence-corrected chi connectivity index (χ1v) is 16.2. The van der Waals surface area contributed by atoms with Gasteiger partial charge in [-0.15, -0.1) is 0 Å². The number of aromatic nitrogens is 1. The van der Waals surface area contributed by atoms with E-state index in [9.17, 15) is 9.59 Å². The van der Waals surface area contributed by atoms with Gasteiger partial charge in [0.15, 0.2) is 17.3 Å². The zero-order chi connectivity index (χ0) is 32.7. The number of allylic oxidation sites excluding steroid dienone is 2. The van der Waals surface area contributed by atoms with E-state index in [2.05, 4.69) is 111 Å². The summed E-state index contributed by atoms with van der Waals surface area (Å²) in [4.78, 5) is 28.6. The average molecular weight is 606 g/mol. The molecule has 230 valence electrons. The molecule has 2 heterocycles. The third-order valence-corrected chi connectivity index (χ3v) is 9.81. The molecule has 1 aliphatic heterocycles. The van der Waals surface area contributed by atoms with Crippen LogP contribution in [0.1, 0.15) is 82.3 Å². The lowest BCUT2D eigenvalue weighted by Gasteiger charge is -2.28. The highest BCUT2D eigenvalue weighted by molar-refractivity contribution is 6.51. The van der Waals surface area contributed by atoms with E-state index in [1.807, 2.05) is 50.2 Å². The maximum atomic E-state index is 14.3. The monoisotopic (exact) mass is 605 g/mol. The summed E-state index contributed by atoms with van der Waals surface area (Å²) >= 11 is 0. The van der Waals surface area contributed by atoms with Crippen LogP contribution in [-0.4, -0.2) is 21.8 Å². The summed E-state index contributed by atoms with van der Waals surface area (Å²) in [5, 5.41) is 0.948. The first-order valence-electron chi connectivity index (χ1n) is 16.2. The number of hydrogen-bond acceptors (Lipinski definition) is 2. The quantitative estimate of drug-likeness (QED) is 0.0890. The second-order valence-electron chi connectivity index (χ2n) is 14.8. The highest BCUT2D eigenvalue weighted by atomic mass is 16.2. The van der Waals surface area contributed by atoms with Gasteiger partial charge < -0.3 is 4.57 Å². The number of para-hydroxylation sites is 2. The van der Waals surface area contributed by atoms with Crippen LogP contribution in [0.4, 0.5) is 11.4 Å². The number of rotatable bonds is 3. The predicted molar refractivity (Wildman–Crippen MR) is 190 cm³/mol. The second kappa shape index (κ2) is 10.3. The zero-order valence-electron chi connectivity index (χ0n) is 28.0. The second-order valence-corrected chi connectivity index (χ2v) is 14.8. The molecule has 0 atom stereocenters. The largest absolute Gasteiger partial charge is 0.314 e. The Balaban J connectivity index is 1.34. The minimum atomic E-state index is -0.817. The minimum absolute atomic E-state index is 0.0459. The van der Waals surface area contributed by atoms with Gasteiger partial charge in [0.1, 0.15) is 5.92 Å². The van der Waals surface area contributed by atoms with Gasteiger partial charge in [0, 0.05) is 41.9 Å². The number of fused-ring (bicyclic) bond motifs is 2. The van der Waals surface area contributed by atoms with Gasteiger partial charge in [-0.3, -0.25) is 9.59 Å². The van der Waals surface area contributed by atoms with E-state index in [1.54, 1.807) is 0 Å². The molecule has 46 heavy (non-hydrogen) atoms. The van der Waals surface area contributed by atoms with E-state index in [4.69, 9.17) is 0 Å². The van der Waals surface area contributed by atoms with Gasteiger partial charge in [-0.05, 0) is 58.7 Å². The van der Waals surface area contributed by atoms with Crippen LogP contribution in [0.2, 0.25) is 0 Å². The molecule has 4 heteroatoms. The Kier molecular flexibility index (Phi) is 6.72. The Hall–Kier alpha value is -4.83. The summed E-state index contributed by atoms with van der Waals surface area (Å²) in [5.74, 6) is -1.02. The van der Waals surface area contributed by atoms with Crippen LogP contribution in [0, 0.1) is 6.92 Å². The van der Waals surface area contributed by atoms with Gasteiger partial charge in [-0.1, -0.05) is 96.1 Å². The highest BCUT2D eigenvalue weighted by Crippen LogP contribution is 2.47. The molecule has 0 spiro atoms. The first kappa shape index (κ1) is 29.9. The Morgan fingerprint density at radius 2 is 1.17 bits per heavy atom. The van der Waals surface area contributed by atoms with Crippen molar-refractivity contribution < 1.29 is 9.59 Å². The number of nitrogens with zero attached hydrogens (tertiary/aromatic N) is 2. The molecule has 0 saturated heterocycles. The van der Waals surface area contributed by atoms with Crippen LogP contribution in [0.3, 0.4) is 0 Å². The van der Waals surface area contributed by atoms with Crippen LogP contribution in [0.5, 0.6) is 0 Å². The predicted octanol–water partition coefficient (Wildman–Crippen LogP) is 9.53. The molecule has 5 aromatic rings. The molecular formula is C42H41N2O2+. The van der Waals surface area contributed by atoms with Gasteiger partial charge in [0.05, 0.1) is 22.2 Å². The Morgan fingerprint density at radius 1 is 0.630 bits per heavy atom. The summed E-state index contributed by atoms with van der Waals surface area (Å²) < 4.78 is 4.37. The lowest BCUT2D eigenvalue weighted by atomic mass is 9.69. The SMILES string of the molecule is CC1=[N+](c2ccc(C(C)(C)C)cc2)c2ccccc2C1=C1C(=O)C(c2c(C)n(-c3ccc(C(C)(C)C)cc3)c3ccccc23)C1=O. The van der Waals surface area contributed by atoms with Gasteiger partial charge in [-0.25, -0.2) is 0 Å². The number of benzene rings is 4. The van der Waals surface area contributed by atoms with Crippen LogP contribution in [0.15, 0.2) is 103 Å². The maximum Gasteiger partial charge on any atom is 0.219 e. The number of hydrogen-bond donors (Lipinski definition) is 0. The van der Waals surface area contributed by atoms with Crippen LogP contribution in [0.25, 0.3) is 22.2 Å². The molecule has 1 saturated carbocycles. The molecule has 4 aromatic carbocycles. The molecular weight excluding hydrogens is 564 g/mol. The van der Waals surface area contributed by atoms with Crippen molar-refractivity contribution >= 4 is 45.1 Å². The van der Waals surface area contributed by atoms with Gasteiger partial charge in [0.25, 0.3) is 0 Å².